The lowest BCUT2D eigenvalue weighted by atomic mass is 10.3. The number of hydrogen-bond donors (Lipinski definition) is 3. The lowest BCUT2D eigenvalue weighted by Gasteiger charge is -2.06. The van der Waals surface area contributed by atoms with Gasteiger partial charge in [0.1, 0.15) is 11.8 Å². The van der Waals surface area contributed by atoms with Crippen molar-refractivity contribution in [1.82, 2.24) is 5.32 Å². The van der Waals surface area contributed by atoms with Crippen LogP contribution in [0.2, 0.25) is 0 Å². The first-order valence-electron chi connectivity index (χ1n) is 5.70. The predicted octanol–water partition coefficient (Wildman–Crippen LogP) is -0.324. The van der Waals surface area contributed by atoms with Crippen molar-refractivity contribution in [3.8, 4) is 5.75 Å². The molecule has 0 heterocycles. The van der Waals surface area contributed by atoms with Gasteiger partial charge in [-0.25, -0.2) is 4.79 Å². The minimum atomic E-state index is -1.22. The summed E-state index contributed by atoms with van der Waals surface area (Å²) in [7, 11) is 0. The highest BCUT2D eigenvalue weighted by atomic mass is 16.5. The third-order valence-electron chi connectivity index (χ3n) is 2.15. The van der Waals surface area contributed by atoms with Crippen molar-refractivity contribution in [2.75, 3.05) is 6.54 Å². The van der Waals surface area contributed by atoms with Crippen LogP contribution in [0.5, 0.6) is 5.75 Å². The number of nitrogens with one attached hydrogen (secondary N) is 1. The third-order valence-corrected chi connectivity index (χ3v) is 2.15. The van der Waals surface area contributed by atoms with Crippen LogP contribution in [-0.4, -0.2) is 35.5 Å². The second kappa shape index (κ2) is 7.70. The molecule has 0 aliphatic carbocycles. The Labute approximate surface area is 115 Å². The van der Waals surface area contributed by atoms with Crippen LogP contribution in [0.15, 0.2) is 42.5 Å². The van der Waals surface area contributed by atoms with Gasteiger partial charge < -0.3 is 20.9 Å². The summed E-state index contributed by atoms with van der Waals surface area (Å²) in [5, 5.41) is 10.8. The number of esters is 1. The molecule has 7 heteroatoms. The molecular formula is C13H14N2O5. The number of carboxylic acids is 1. The second-order valence-electron chi connectivity index (χ2n) is 3.76. The van der Waals surface area contributed by atoms with Crippen LogP contribution in [0.3, 0.4) is 0 Å². The van der Waals surface area contributed by atoms with Gasteiger partial charge in [-0.2, -0.15) is 0 Å². The monoisotopic (exact) mass is 278 g/mol. The first-order valence-corrected chi connectivity index (χ1v) is 5.70. The molecule has 4 N–H and O–H groups in total. The molecule has 0 bridgehead atoms. The number of carbonyl (C=O) groups is 3. The van der Waals surface area contributed by atoms with Crippen molar-refractivity contribution < 1.29 is 24.2 Å². The summed E-state index contributed by atoms with van der Waals surface area (Å²) in [5.74, 6) is -2.21. The number of ether oxygens (including phenoxy) is 1. The summed E-state index contributed by atoms with van der Waals surface area (Å²) < 4.78 is 4.90. The molecule has 0 aromatic heterocycles. The molecule has 0 spiro atoms. The molecule has 0 saturated heterocycles. The van der Waals surface area contributed by atoms with E-state index in [9.17, 15) is 14.4 Å². The Morgan fingerprint density at radius 3 is 2.50 bits per heavy atom. The fraction of sp³-hybridized carbons (Fsp3) is 0.154. The van der Waals surface area contributed by atoms with E-state index in [0.717, 1.165) is 12.2 Å². The van der Waals surface area contributed by atoms with Gasteiger partial charge in [0, 0.05) is 18.7 Å². The third kappa shape index (κ3) is 5.78. The summed E-state index contributed by atoms with van der Waals surface area (Å²) in [6.45, 7) is -0.230. The molecule has 106 valence electrons. The van der Waals surface area contributed by atoms with Gasteiger partial charge in [0.2, 0.25) is 5.91 Å². The SMILES string of the molecule is N[C@@H](CNC(=O)/C=C/C(=O)Oc1ccccc1)C(=O)O. The van der Waals surface area contributed by atoms with Crippen LogP contribution < -0.4 is 15.8 Å². The Balaban J connectivity index is 2.37. The number of benzene rings is 1. The standard InChI is InChI=1S/C13H14N2O5/c14-10(13(18)19)8-15-11(16)6-7-12(17)20-9-4-2-1-3-5-9/h1-7,10H,8,14H2,(H,15,16)(H,18,19)/b7-6+/t10-/m0/s1. The summed E-state index contributed by atoms with van der Waals surface area (Å²) >= 11 is 0. The zero-order valence-electron chi connectivity index (χ0n) is 10.5. The molecular weight excluding hydrogens is 264 g/mol. The van der Waals surface area contributed by atoms with Crippen molar-refractivity contribution in [3.05, 3.63) is 42.5 Å². The number of para-hydroxylation sites is 1. The van der Waals surface area contributed by atoms with E-state index in [2.05, 4.69) is 5.32 Å². The van der Waals surface area contributed by atoms with E-state index in [0.29, 0.717) is 5.75 Å². The summed E-state index contributed by atoms with van der Waals surface area (Å²) in [6, 6.07) is 7.17. The number of carbonyl (C=O) groups excluding carboxylic acids is 2. The van der Waals surface area contributed by atoms with Gasteiger partial charge in [0.05, 0.1) is 0 Å². The molecule has 0 radical (unpaired) electrons. The predicted molar refractivity (Wildman–Crippen MR) is 69.8 cm³/mol. The fourth-order valence-electron chi connectivity index (χ4n) is 1.14. The Morgan fingerprint density at radius 2 is 1.90 bits per heavy atom. The van der Waals surface area contributed by atoms with E-state index in [1.54, 1.807) is 30.3 Å². The maximum absolute atomic E-state index is 11.4. The number of aliphatic carboxylic acids is 1. The first kappa shape index (κ1) is 15.4. The Bertz CT molecular complexity index is 513. The largest absolute Gasteiger partial charge is 0.480 e. The number of rotatable bonds is 6. The van der Waals surface area contributed by atoms with Crippen LogP contribution in [0.1, 0.15) is 0 Å². The zero-order valence-corrected chi connectivity index (χ0v) is 10.5. The molecule has 0 fully saturated rings. The highest BCUT2D eigenvalue weighted by Gasteiger charge is 2.11. The molecule has 1 rings (SSSR count). The quantitative estimate of drug-likeness (QED) is 0.372. The van der Waals surface area contributed by atoms with Gasteiger partial charge in [-0.05, 0) is 12.1 Å². The van der Waals surface area contributed by atoms with Gasteiger partial charge >= 0.3 is 11.9 Å². The molecule has 0 aliphatic heterocycles. The summed E-state index contributed by atoms with van der Waals surface area (Å²) in [5.41, 5.74) is 5.19. The molecule has 7 nitrogen and oxygen atoms in total. The Morgan fingerprint density at radius 1 is 1.25 bits per heavy atom. The number of nitrogens with two attached hydrogens (primary N) is 1. The van der Waals surface area contributed by atoms with Crippen molar-refractivity contribution in [1.29, 1.82) is 0 Å². The van der Waals surface area contributed by atoms with Crippen molar-refractivity contribution in [2.45, 2.75) is 6.04 Å². The minimum Gasteiger partial charge on any atom is -0.480 e. The van der Waals surface area contributed by atoms with E-state index in [4.69, 9.17) is 15.6 Å². The topological polar surface area (TPSA) is 119 Å². The maximum atomic E-state index is 11.4. The van der Waals surface area contributed by atoms with Gasteiger partial charge in [-0.1, -0.05) is 18.2 Å². The normalized spacial score (nSPS) is 11.8. The average molecular weight is 278 g/mol. The van der Waals surface area contributed by atoms with Gasteiger partial charge in [-0.15, -0.1) is 0 Å². The molecule has 0 unspecified atom stereocenters. The van der Waals surface area contributed by atoms with Gasteiger partial charge in [-0.3, -0.25) is 9.59 Å². The van der Waals surface area contributed by atoms with Crippen LogP contribution in [0.25, 0.3) is 0 Å². The van der Waals surface area contributed by atoms with Crippen molar-refractivity contribution >= 4 is 17.8 Å². The second-order valence-corrected chi connectivity index (χ2v) is 3.76. The van der Waals surface area contributed by atoms with Crippen molar-refractivity contribution in [3.63, 3.8) is 0 Å². The van der Waals surface area contributed by atoms with Crippen LogP contribution >= 0.6 is 0 Å². The van der Waals surface area contributed by atoms with Gasteiger partial charge in [0.25, 0.3) is 0 Å². The van der Waals surface area contributed by atoms with E-state index in [-0.39, 0.29) is 6.54 Å². The molecule has 1 amide bonds. The molecule has 20 heavy (non-hydrogen) atoms. The lowest BCUT2D eigenvalue weighted by molar-refractivity contribution is -0.138. The molecule has 0 saturated carbocycles. The average Bonchev–Trinajstić information content (AvgIpc) is 2.43. The first-order chi connectivity index (χ1) is 9.49. The Kier molecular flexibility index (Phi) is 5.92. The fourth-order valence-corrected chi connectivity index (χ4v) is 1.14. The molecule has 1 atom stereocenters. The summed E-state index contributed by atoms with van der Waals surface area (Å²) in [6.07, 6.45) is 1.88. The highest BCUT2D eigenvalue weighted by molar-refractivity contribution is 5.95. The molecule has 0 aliphatic rings. The van der Waals surface area contributed by atoms with Crippen LogP contribution in [0.4, 0.5) is 0 Å². The Hall–Kier alpha value is -2.67. The minimum absolute atomic E-state index is 0.230. The highest BCUT2D eigenvalue weighted by Crippen LogP contribution is 2.08. The van der Waals surface area contributed by atoms with Crippen LogP contribution in [-0.2, 0) is 14.4 Å². The summed E-state index contributed by atoms with van der Waals surface area (Å²) in [4.78, 5) is 33.0. The van der Waals surface area contributed by atoms with Crippen molar-refractivity contribution in [2.24, 2.45) is 5.73 Å². The van der Waals surface area contributed by atoms with E-state index in [1.165, 1.54) is 0 Å². The smallest absolute Gasteiger partial charge is 0.336 e. The van der Waals surface area contributed by atoms with E-state index < -0.39 is 23.9 Å². The van der Waals surface area contributed by atoms with E-state index >= 15 is 0 Å². The molecule has 1 aromatic rings. The number of carboxylic acid groups (broad SMARTS) is 1. The maximum Gasteiger partial charge on any atom is 0.336 e. The van der Waals surface area contributed by atoms with Gasteiger partial charge in [0.15, 0.2) is 0 Å². The zero-order chi connectivity index (χ0) is 15.0. The number of hydrogen-bond acceptors (Lipinski definition) is 5. The lowest BCUT2D eigenvalue weighted by Crippen LogP contribution is -2.42. The number of amides is 1. The van der Waals surface area contributed by atoms with Crippen LogP contribution in [0, 0.1) is 0 Å². The molecule has 1 aromatic carbocycles. The van der Waals surface area contributed by atoms with E-state index in [1.807, 2.05) is 0 Å².